The lowest BCUT2D eigenvalue weighted by Gasteiger charge is -2.13. The van der Waals surface area contributed by atoms with Crippen LogP contribution in [0.1, 0.15) is 19.3 Å². The van der Waals surface area contributed by atoms with E-state index in [-0.39, 0.29) is 17.6 Å². The van der Waals surface area contributed by atoms with Crippen LogP contribution in [0.2, 0.25) is 0 Å². The summed E-state index contributed by atoms with van der Waals surface area (Å²) in [7, 11) is 0. The molecule has 4 heteroatoms. The Morgan fingerprint density at radius 2 is 2.06 bits per heavy atom. The maximum absolute atomic E-state index is 12.8. The zero-order valence-electron chi connectivity index (χ0n) is 8.69. The van der Waals surface area contributed by atoms with Gasteiger partial charge in [-0.3, -0.25) is 4.79 Å². The van der Waals surface area contributed by atoms with Gasteiger partial charge in [0.05, 0.1) is 17.3 Å². The van der Waals surface area contributed by atoms with Gasteiger partial charge < -0.3 is 0 Å². The van der Waals surface area contributed by atoms with Crippen LogP contribution in [0.15, 0.2) is 29.4 Å². The van der Waals surface area contributed by atoms with Crippen molar-refractivity contribution in [2.45, 2.75) is 19.3 Å². The van der Waals surface area contributed by atoms with Crippen molar-refractivity contribution in [3.05, 3.63) is 30.1 Å². The van der Waals surface area contributed by atoms with E-state index in [1.54, 1.807) is 12.1 Å². The van der Waals surface area contributed by atoms with E-state index >= 15 is 0 Å². The molecule has 1 amide bonds. The van der Waals surface area contributed by atoms with E-state index in [2.05, 4.69) is 5.10 Å². The number of halogens is 1. The Hall–Kier alpha value is -1.71. The van der Waals surface area contributed by atoms with Crippen LogP contribution in [-0.4, -0.2) is 11.6 Å². The summed E-state index contributed by atoms with van der Waals surface area (Å²) >= 11 is 0. The predicted molar refractivity (Wildman–Crippen MR) is 58.7 cm³/mol. The Balaban J connectivity index is 1.94. The molecule has 1 aliphatic heterocycles. The first-order valence-electron chi connectivity index (χ1n) is 5.42. The van der Waals surface area contributed by atoms with E-state index in [1.807, 2.05) is 0 Å². The molecule has 1 aromatic carbocycles. The van der Waals surface area contributed by atoms with Crippen LogP contribution in [0.5, 0.6) is 0 Å². The van der Waals surface area contributed by atoms with Gasteiger partial charge >= 0.3 is 0 Å². The van der Waals surface area contributed by atoms with Gasteiger partial charge in [0, 0.05) is 0 Å². The summed E-state index contributed by atoms with van der Waals surface area (Å²) in [6.07, 6.45) is 2.86. The summed E-state index contributed by atoms with van der Waals surface area (Å²) in [6.45, 7) is 0. The van der Waals surface area contributed by atoms with Crippen molar-refractivity contribution in [1.82, 2.24) is 0 Å². The Labute approximate surface area is 92.6 Å². The molecule has 1 unspecified atom stereocenters. The average molecular weight is 218 g/mol. The number of hydrogen-bond donors (Lipinski definition) is 0. The van der Waals surface area contributed by atoms with Crippen LogP contribution in [0, 0.1) is 11.7 Å². The summed E-state index contributed by atoms with van der Waals surface area (Å²) in [4.78, 5) is 12.0. The molecule has 0 aromatic heterocycles. The molecule has 3 rings (SSSR count). The summed E-state index contributed by atoms with van der Waals surface area (Å²) in [5.41, 5.74) is 1.63. The van der Waals surface area contributed by atoms with Gasteiger partial charge in [-0.05, 0) is 43.5 Å². The highest BCUT2D eigenvalue weighted by Crippen LogP contribution is 2.32. The number of anilines is 1. The van der Waals surface area contributed by atoms with Gasteiger partial charge in [-0.2, -0.15) is 5.10 Å². The van der Waals surface area contributed by atoms with Crippen molar-refractivity contribution in [3.63, 3.8) is 0 Å². The third-order valence-electron chi connectivity index (χ3n) is 3.13. The third kappa shape index (κ3) is 1.33. The molecule has 0 spiro atoms. The van der Waals surface area contributed by atoms with E-state index in [1.165, 1.54) is 17.1 Å². The zero-order chi connectivity index (χ0) is 11.1. The summed E-state index contributed by atoms with van der Waals surface area (Å²) in [5, 5.41) is 5.71. The van der Waals surface area contributed by atoms with Crippen LogP contribution in [0.25, 0.3) is 0 Å². The van der Waals surface area contributed by atoms with Gasteiger partial charge in [0.15, 0.2) is 0 Å². The molecular weight excluding hydrogens is 207 g/mol. The van der Waals surface area contributed by atoms with E-state index < -0.39 is 0 Å². The minimum atomic E-state index is -0.303. The highest BCUT2D eigenvalue weighted by atomic mass is 19.1. The van der Waals surface area contributed by atoms with E-state index in [4.69, 9.17) is 0 Å². The van der Waals surface area contributed by atoms with Crippen LogP contribution in [0.4, 0.5) is 10.1 Å². The Kier molecular flexibility index (Phi) is 2.02. The second-order valence-corrected chi connectivity index (χ2v) is 4.16. The number of rotatable bonds is 1. The lowest BCUT2D eigenvalue weighted by atomic mass is 10.1. The molecule has 16 heavy (non-hydrogen) atoms. The maximum atomic E-state index is 12.8. The van der Waals surface area contributed by atoms with Crippen molar-refractivity contribution in [1.29, 1.82) is 0 Å². The molecule has 1 aromatic rings. The first kappa shape index (κ1) is 9.51. The number of benzene rings is 1. The normalized spacial score (nSPS) is 23.6. The minimum Gasteiger partial charge on any atom is -0.272 e. The number of amides is 1. The standard InChI is InChI=1S/C12H11FN2O/c13-8-4-6-9(7-5-8)15-12(16)10-2-1-3-11(10)14-15/h4-7,10H,1-3H2. The predicted octanol–water partition coefficient (Wildman–Crippen LogP) is 2.33. The monoisotopic (exact) mass is 218 g/mol. The van der Waals surface area contributed by atoms with Crippen molar-refractivity contribution in [2.75, 3.05) is 5.01 Å². The molecule has 1 fully saturated rings. The topological polar surface area (TPSA) is 32.7 Å². The van der Waals surface area contributed by atoms with E-state index in [0.29, 0.717) is 5.69 Å². The number of hydrazone groups is 1. The Bertz CT molecular complexity index is 466. The number of nitrogens with zero attached hydrogens (tertiary/aromatic N) is 2. The fraction of sp³-hybridized carbons (Fsp3) is 0.333. The Morgan fingerprint density at radius 3 is 2.75 bits per heavy atom. The molecule has 1 saturated carbocycles. The van der Waals surface area contributed by atoms with E-state index in [9.17, 15) is 9.18 Å². The molecule has 1 aliphatic carbocycles. The molecule has 1 heterocycles. The molecule has 0 saturated heterocycles. The average Bonchev–Trinajstić information content (AvgIpc) is 2.84. The zero-order valence-corrected chi connectivity index (χ0v) is 8.69. The number of hydrogen-bond acceptors (Lipinski definition) is 2. The SMILES string of the molecule is O=C1C2CCCC2=NN1c1ccc(F)cc1. The lowest BCUT2D eigenvalue weighted by Crippen LogP contribution is -2.25. The van der Waals surface area contributed by atoms with Crippen LogP contribution < -0.4 is 5.01 Å². The lowest BCUT2D eigenvalue weighted by molar-refractivity contribution is -0.119. The fourth-order valence-corrected chi connectivity index (χ4v) is 2.31. The second-order valence-electron chi connectivity index (χ2n) is 4.16. The van der Waals surface area contributed by atoms with Crippen LogP contribution in [0.3, 0.4) is 0 Å². The maximum Gasteiger partial charge on any atom is 0.256 e. The number of carbonyl (C=O) groups excluding carboxylic acids is 1. The van der Waals surface area contributed by atoms with Crippen LogP contribution >= 0.6 is 0 Å². The molecular formula is C12H11FN2O. The van der Waals surface area contributed by atoms with Gasteiger partial charge in [0.25, 0.3) is 5.91 Å². The Morgan fingerprint density at radius 1 is 1.31 bits per heavy atom. The number of fused-ring (bicyclic) bond motifs is 1. The molecule has 1 atom stereocenters. The summed E-state index contributed by atoms with van der Waals surface area (Å²) < 4.78 is 12.8. The largest absolute Gasteiger partial charge is 0.272 e. The number of carbonyl (C=O) groups is 1. The van der Waals surface area contributed by atoms with Gasteiger partial charge in [-0.25, -0.2) is 9.40 Å². The molecule has 0 radical (unpaired) electrons. The van der Waals surface area contributed by atoms with Gasteiger partial charge in [-0.15, -0.1) is 0 Å². The first-order chi connectivity index (χ1) is 7.75. The van der Waals surface area contributed by atoms with Gasteiger partial charge in [0.2, 0.25) is 0 Å². The van der Waals surface area contributed by atoms with Crippen molar-refractivity contribution < 1.29 is 9.18 Å². The highest BCUT2D eigenvalue weighted by Gasteiger charge is 2.39. The molecule has 3 nitrogen and oxygen atoms in total. The van der Waals surface area contributed by atoms with Crippen molar-refractivity contribution >= 4 is 17.3 Å². The summed E-state index contributed by atoms with van der Waals surface area (Å²) in [6, 6.07) is 5.85. The molecule has 0 bridgehead atoms. The molecule has 0 N–H and O–H groups in total. The van der Waals surface area contributed by atoms with Crippen LogP contribution in [-0.2, 0) is 4.79 Å². The van der Waals surface area contributed by atoms with E-state index in [0.717, 1.165) is 25.0 Å². The second kappa shape index (κ2) is 3.40. The minimum absolute atomic E-state index is 0.0231. The highest BCUT2D eigenvalue weighted by molar-refractivity contribution is 6.16. The first-order valence-corrected chi connectivity index (χ1v) is 5.42. The molecule has 2 aliphatic rings. The third-order valence-corrected chi connectivity index (χ3v) is 3.13. The van der Waals surface area contributed by atoms with Gasteiger partial charge in [-0.1, -0.05) is 0 Å². The quantitative estimate of drug-likeness (QED) is 0.712. The smallest absolute Gasteiger partial charge is 0.256 e. The van der Waals surface area contributed by atoms with Gasteiger partial charge in [0.1, 0.15) is 5.82 Å². The van der Waals surface area contributed by atoms with Crippen molar-refractivity contribution in [3.8, 4) is 0 Å². The molecule has 82 valence electrons. The van der Waals surface area contributed by atoms with Crippen molar-refractivity contribution in [2.24, 2.45) is 11.0 Å². The fourth-order valence-electron chi connectivity index (χ4n) is 2.31. The summed E-state index contributed by atoms with van der Waals surface area (Å²) in [5.74, 6) is -0.299.